The van der Waals surface area contributed by atoms with Gasteiger partial charge >= 0.3 is 0 Å². The van der Waals surface area contributed by atoms with Crippen LogP contribution >= 0.6 is 0 Å². The maximum Gasteiger partial charge on any atom is 0.297 e. The Morgan fingerprint density at radius 3 is 2.56 bits per heavy atom. The van der Waals surface area contributed by atoms with E-state index in [1.165, 1.54) is 22.8 Å². The summed E-state index contributed by atoms with van der Waals surface area (Å²) in [4.78, 5) is 29.3. The highest BCUT2D eigenvalue weighted by Gasteiger charge is 2.66. The maximum absolute atomic E-state index is 15.8. The number of anilines is 1. The van der Waals surface area contributed by atoms with Crippen molar-refractivity contribution in [3.63, 3.8) is 0 Å². The van der Waals surface area contributed by atoms with E-state index in [-0.39, 0.29) is 30.2 Å². The molecule has 41 heavy (non-hydrogen) atoms. The largest absolute Gasteiger partial charge is 0.491 e. The van der Waals surface area contributed by atoms with Gasteiger partial charge in [-0.25, -0.2) is 0 Å². The Kier molecular flexibility index (Phi) is 9.11. The Labute approximate surface area is 243 Å². The first-order valence-corrected chi connectivity index (χ1v) is 17.3. The third-order valence-electron chi connectivity index (χ3n) is 8.48. The minimum Gasteiger partial charge on any atom is -0.491 e. The van der Waals surface area contributed by atoms with E-state index in [1.807, 2.05) is 19.1 Å². The molecule has 4 rings (SSSR count). The van der Waals surface area contributed by atoms with Gasteiger partial charge in [0.25, 0.3) is 11.5 Å². The lowest BCUT2D eigenvalue weighted by atomic mass is 9.82. The molecule has 222 valence electrons. The minimum absolute atomic E-state index is 0.161. The van der Waals surface area contributed by atoms with Gasteiger partial charge in [-0.15, -0.1) is 0 Å². The third kappa shape index (κ3) is 5.72. The molecule has 7 nitrogen and oxygen atoms in total. The van der Waals surface area contributed by atoms with Gasteiger partial charge in [0.15, 0.2) is 11.4 Å². The molecule has 0 saturated carbocycles. The summed E-state index contributed by atoms with van der Waals surface area (Å²) >= 11 is 0. The summed E-state index contributed by atoms with van der Waals surface area (Å²) in [5.74, 6) is -0.498. The zero-order valence-corrected chi connectivity index (χ0v) is 26.2. The first-order valence-electron chi connectivity index (χ1n) is 14.4. The van der Waals surface area contributed by atoms with Crippen LogP contribution in [0.1, 0.15) is 52.5 Å². The van der Waals surface area contributed by atoms with E-state index < -0.39 is 31.6 Å². The minimum atomic E-state index is -3.31. The maximum atomic E-state index is 15.8. The van der Waals surface area contributed by atoms with Gasteiger partial charge in [0.05, 0.1) is 18.9 Å². The monoisotopic (exact) mass is 582 g/mol. The molecule has 9 heteroatoms. The lowest BCUT2D eigenvalue weighted by molar-refractivity contribution is -0.146. The number of benzene rings is 1. The smallest absolute Gasteiger partial charge is 0.297 e. The number of aliphatic hydroxyl groups is 1. The van der Waals surface area contributed by atoms with E-state index in [0.717, 1.165) is 12.8 Å². The predicted molar refractivity (Wildman–Crippen MR) is 163 cm³/mol. The molecular weight excluding hydrogens is 539 g/mol. The number of carbonyl (C=O) groups is 1. The number of rotatable bonds is 10. The molecule has 2 aliphatic heterocycles. The summed E-state index contributed by atoms with van der Waals surface area (Å²) in [6.45, 7) is 11.6. The van der Waals surface area contributed by atoms with Gasteiger partial charge in [-0.05, 0) is 83.5 Å². The van der Waals surface area contributed by atoms with Crippen LogP contribution in [0.15, 0.2) is 64.6 Å². The SMILES string of the molecule is COc1cccn(-c2ccc3c(c2)[C@]2(O[C@@H](CCO)[C@H]([Si](C)(C)F)[C@H]2C)C(=O)N3C/C=C(\C)CCC=C(C)C)c1=O. The predicted octanol–water partition coefficient (Wildman–Crippen LogP) is 6.04. The zero-order valence-electron chi connectivity index (χ0n) is 25.2. The van der Waals surface area contributed by atoms with Crippen LogP contribution in [0.5, 0.6) is 5.75 Å². The molecule has 1 fully saturated rings. The average molecular weight is 583 g/mol. The number of hydrogen-bond acceptors (Lipinski definition) is 5. The second kappa shape index (κ2) is 12.1. The quantitative estimate of drug-likeness (QED) is 0.210. The van der Waals surface area contributed by atoms with Gasteiger partial charge in [-0.2, -0.15) is 0 Å². The second-order valence-corrected chi connectivity index (χ2v) is 15.8. The number of nitrogens with zero attached hydrogens (tertiary/aromatic N) is 2. The van der Waals surface area contributed by atoms with Crippen LogP contribution in [0.4, 0.5) is 9.80 Å². The van der Waals surface area contributed by atoms with Crippen molar-refractivity contribution in [3.05, 3.63) is 75.7 Å². The van der Waals surface area contributed by atoms with E-state index in [1.54, 1.807) is 42.4 Å². The Bertz CT molecular complexity index is 1410. The van der Waals surface area contributed by atoms with E-state index in [9.17, 15) is 14.7 Å². The number of aromatic nitrogens is 1. The van der Waals surface area contributed by atoms with Crippen LogP contribution in [-0.2, 0) is 15.1 Å². The highest BCUT2D eigenvalue weighted by atomic mass is 28.4. The molecule has 1 aromatic heterocycles. The summed E-state index contributed by atoms with van der Waals surface area (Å²) in [7, 11) is -1.86. The Balaban J connectivity index is 1.84. The van der Waals surface area contributed by atoms with Crippen molar-refractivity contribution in [1.29, 1.82) is 0 Å². The van der Waals surface area contributed by atoms with Gasteiger partial charge in [-0.1, -0.05) is 30.2 Å². The van der Waals surface area contributed by atoms with Crippen LogP contribution in [0.3, 0.4) is 0 Å². The Morgan fingerprint density at radius 1 is 1.20 bits per heavy atom. The number of hydrogen-bond donors (Lipinski definition) is 1. The molecule has 0 unspecified atom stereocenters. The number of allylic oxidation sites excluding steroid dienone is 3. The van der Waals surface area contributed by atoms with E-state index >= 15 is 4.11 Å². The van der Waals surface area contributed by atoms with Gasteiger partial charge in [0.2, 0.25) is 8.41 Å². The summed E-state index contributed by atoms with van der Waals surface area (Å²) in [5.41, 5.74) is 2.09. The molecule has 0 aliphatic carbocycles. The lowest BCUT2D eigenvalue weighted by Crippen LogP contribution is -2.45. The molecule has 2 aromatic rings. The van der Waals surface area contributed by atoms with E-state index in [2.05, 4.69) is 32.9 Å². The van der Waals surface area contributed by atoms with Gasteiger partial charge in [-0.3, -0.25) is 14.2 Å². The van der Waals surface area contributed by atoms with Crippen molar-refractivity contribution in [1.82, 2.24) is 4.57 Å². The molecule has 0 radical (unpaired) electrons. The van der Waals surface area contributed by atoms with Crippen molar-refractivity contribution in [2.75, 3.05) is 25.2 Å². The number of carbonyl (C=O) groups excluding carboxylic acids is 1. The van der Waals surface area contributed by atoms with Crippen molar-refractivity contribution < 1.29 is 23.5 Å². The van der Waals surface area contributed by atoms with Crippen molar-refractivity contribution in [2.24, 2.45) is 5.92 Å². The van der Waals surface area contributed by atoms with Crippen molar-refractivity contribution in [2.45, 2.75) is 77.3 Å². The summed E-state index contributed by atoms with van der Waals surface area (Å²) in [5, 5.41) is 9.82. The highest BCUT2D eigenvalue weighted by molar-refractivity contribution is 6.72. The average Bonchev–Trinajstić information content (AvgIpc) is 3.33. The molecule has 0 bridgehead atoms. The van der Waals surface area contributed by atoms with Gasteiger partial charge in [0.1, 0.15) is 0 Å². The summed E-state index contributed by atoms with van der Waals surface area (Å²) in [6.07, 6.45) is 7.39. The van der Waals surface area contributed by atoms with Gasteiger partial charge in [0, 0.05) is 42.1 Å². The second-order valence-electron chi connectivity index (χ2n) is 12.0. The van der Waals surface area contributed by atoms with Crippen LogP contribution in [-0.4, -0.2) is 50.4 Å². The van der Waals surface area contributed by atoms with Crippen LogP contribution in [0.2, 0.25) is 18.6 Å². The zero-order chi connectivity index (χ0) is 30.1. The number of ether oxygens (including phenoxy) is 2. The molecule has 1 saturated heterocycles. The summed E-state index contributed by atoms with van der Waals surface area (Å²) in [6, 6.07) is 8.80. The number of halogens is 1. The number of methoxy groups -OCH3 is 1. The van der Waals surface area contributed by atoms with Gasteiger partial charge < -0.3 is 23.6 Å². The fourth-order valence-corrected chi connectivity index (χ4v) is 9.08. The molecule has 1 amide bonds. The molecule has 1 N–H and O–H groups in total. The van der Waals surface area contributed by atoms with Crippen LogP contribution < -0.4 is 15.2 Å². The number of pyridine rings is 1. The number of fused-ring (bicyclic) bond motifs is 2. The Morgan fingerprint density at radius 2 is 1.93 bits per heavy atom. The fraction of sp³-hybridized carbons (Fsp3) is 0.500. The molecule has 2 aliphatic rings. The normalized spacial score (nSPS) is 24.2. The topological polar surface area (TPSA) is 81.0 Å². The third-order valence-corrected chi connectivity index (χ3v) is 10.9. The standard InChI is InChI=1S/C32H43FN2O5Si/c1-21(2)10-8-11-22(3)15-18-35-26-14-13-24(34-17-9-12-28(39-5)30(34)37)20-25(26)32(31(35)38)23(4)29(41(6,7)33)27(40-32)16-19-36/h9-10,12-15,17,20,23,27,29,36H,8,11,16,18-19H2,1-7H3/b22-15+/t23-,27+,29-,32+/m1/s1. The molecule has 1 spiro atoms. The van der Waals surface area contributed by atoms with Crippen LogP contribution in [0.25, 0.3) is 5.69 Å². The first-order chi connectivity index (χ1) is 19.4. The molecule has 1 aromatic carbocycles. The number of aliphatic hydroxyl groups excluding tert-OH is 1. The molecule has 4 atom stereocenters. The Hall–Kier alpha value is -3.01. The first kappa shape index (κ1) is 30.9. The lowest BCUT2D eigenvalue weighted by Gasteiger charge is -2.31. The fourth-order valence-electron chi connectivity index (χ4n) is 6.53. The van der Waals surface area contributed by atoms with Crippen molar-refractivity contribution >= 4 is 20.0 Å². The van der Waals surface area contributed by atoms with E-state index in [0.29, 0.717) is 23.5 Å². The summed E-state index contributed by atoms with van der Waals surface area (Å²) < 4.78 is 29.2. The van der Waals surface area contributed by atoms with Crippen LogP contribution in [0, 0.1) is 5.92 Å². The van der Waals surface area contributed by atoms with E-state index in [4.69, 9.17) is 9.47 Å². The molecular formula is C32H43FN2O5Si. The highest BCUT2D eigenvalue weighted by Crippen LogP contribution is 2.60. The van der Waals surface area contributed by atoms with Crippen molar-refractivity contribution in [3.8, 4) is 11.4 Å². The number of amides is 1. The molecule has 3 heterocycles.